The van der Waals surface area contributed by atoms with Crippen LogP contribution in [0.15, 0.2) is 24.3 Å². The van der Waals surface area contributed by atoms with Crippen LogP contribution in [0.4, 0.5) is 0 Å². The summed E-state index contributed by atoms with van der Waals surface area (Å²) in [6.45, 7) is 2.73. The minimum Gasteiger partial charge on any atom is -0.352 e. The topological polar surface area (TPSA) is 29.1 Å². The standard InChI is InChI=1S/C13H16ClNO/c1-9-6-12(9)13(16)15-8-11-4-2-10(7-14)3-5-11/h2-5,9,12H,6-8H2,1H3,(H,15,16). The fraction of sp³-hybridized carbons (Fsp3) is 0.462. The summed E-state index contributed by atoms with van der Waals surface area (Å²) in [5, 5.41) is 2.96. The summed E-state index contributed by atoms with van der Waals surface area (Å²) in [6.07, 6.45) is 1.04. The first kappa shape index (κ1) is 11.5. The number of amides is 1. The highest BCUT2D eigenvalue weighted by Gasteiger charge is 2.38. The molecule has 0 spiro atoms. The van der Waals surface area contributed by atoms with Gasteiger partial charge < -0.3 is 5.32 Å². The molecule has 0 saturated heterocycles. The maximum absolute atomic E-state index is 11.6. The predicted octanol–water partition coefficient (Wildman–Crippen LogP) is 2.70. The molecule has 1 aromatic rings. The molecular weight excluding hydrogens is 222 g/mol. The summed E-state index contributed by atoms with van der Waals surface area (Å²) in [7, 11) is 0. The number of hydrogen-bond acceptors (Lipinski definition) is 1. The van der Waals surface area contributed by atoms with E-state index in [1.807, 2.05) is 24.3 Å². The van der Waals surface area contributed by atoms with E-state index in [1.54, 1.807) is 0 Å². The van der Waals surface area contributed by atoms with Gasteiger partial charge in [0, 0.05) is 18.3 Å². The number of benzene rings is 1. The number of halogens is 1. The van der Waals surface area contributed by atoms with Crippen LogP contribution in [0.5, 0.6) is 0 Å². The monoisotopic (exact) mass is 237 g/mol. The third-order valence-electron chi connectivity index (χ3n) is 3.09. The van der Waals surface area contributed by atoms with E-state index in [4.69, 9.17) is 11.6 Å². The minimum absolute atomic E-state index is 0.189. The van der Waals surface area contributed by atoms with Crippen molar-refractivity contribution in [3.8, 4) is 0 Å². The summed E-state index contributed by atoms with van der Waals surface area (Å²) in [5.41, 5.74) is 2.23. The number of hydrogen-bond donors (Lipinski definition) is 1. The first-order valence-electron chi connectivity index (χ1n) is 5.62. The lowest BCUT2D eigenvalue weighted by Gasteiger charge is -2.05. The van der Waals surface area contributed by atoms with Gasteiger partial charge in [0.1, 0.15) is 0 Å². The van der Waals surface area contributed by atoms with Crippen LogP contribution in [-0.4, -0.2) is 5.91 Å². The average molecular weight is 238 g/mol. The number of carbonyl (C=O) groups is 1. The highest BCUT2D eigenvalue weighted by Crippen LogP contribution is 2.37. The zero-order valence-electron chi connectivity index (χ0n) is 9.37. The molecule has 2 unspecified atom stereocenters. The maximum atomic E-state index is 11.6. The Morgan fingerprint density at radius 2 is 1.94 bits per heavy atom. The molecule has 3 heteroatoms. The lowest BCUT2D eigenvalue weighted by atomic mass is 10.1. The van der Waals surface area contributed by atoms with E-state index in [1.165, 1.54) is 0 Å². The molecule has 1 aromatic carbocycles. The fourth-order valence-electron chi connectivity index (χ4n) is 1.75. The second-order valence-corrected chi connectivity index (χ2v) is 4.75. The summed E-state index contributed by atoms with van der Waals surface area (Å²) in [4.78, 5) is 11.6. The molecule has 0 heterocycles. The summed E-state index contributed by atoms with van der Waals surface area (Å²) in [6, 6.07) is 8.01. The van der Waals surface area contributed by atoms with Crippen molar-refractivity contribution >= 4 is 17.5 Å². The van der Waals surface area contributed by atoms with Crippen LogP contribution < -0.4 is 5.32 Å². The molecule has 1 fully saturated rings. The van der Waals surface area contributed by atoms with Gasteiger partial charge in [0.15, 0.2) is 0 Å². The van der Waals surface area contributed by atoms with Gasteiger partial charge in [-0.05, 0) is 23.5 Å². The van der Waals surface area contributed by atoms with Gasteiger partial charge in [0.25, 0.3) is 0 Å². The van der Waals surface area contributed by atoms with Gasteiger partial charge in [-0.3, -0.25) is 4.79 Å². The third kappa shape index (κ3) is 2.76. The Hall–Kier alpha value is -1.02. The molecule has 0 radical (unpaired) electrons. The van der Waals surface area contributed by atoms with E-state index < -0.39 is 0 Å². The van der Waals surface area contributed by atoms with Crippen LogP contribution in [0.1, 0.15) is 24.5 Å². The lowest BCUT2D eigenvalue weighted by molar-refractivity contribution is -0.122. The van der Waals surface area contributed by atoms with Crippen molar-refractivity contribution in [3.05, 3.63) is 35.4 Å². The quantitative estimate of drug-likeness (QED) is 0.802. The number of alkyl halides is 1. The molecule has 1 N–H and O–H groups in total. The molecule has 16 heavy (non-hydrogen) atoms. The van der Waals surface area contributed by atoms with Crippen molar-refractivity contribution in [2.45, 2.75) is 25.8 Å². The Morgan fingerprint density at radius 1 is 1.38 bits per heavy atom. The van der Waals surface area contributed by atoms with E-state index in [9.17, 15) is 4.79 Å². The van der Waals surface area contributed by atoms with Crippen LogP contribution in [0, 0.1) is 11.8 Å². The minimum atomic E-state index is 0.189. The summed E-state index contributed by atoms with van der Waals surface area (Å²) in [5.74, 6) is 1.54. The third-order valence-corrected chi connectivity index (χ3v) is 3.40. The fourth-order valence-corrected chi connectivity index (χ4v) is 1.93. The van der Waals surface area contributed by atoms with E-state index in [0.29, 0.717) is 18.3 Å². The predicted molar refractivity (Wildman–Crippen MR) is 65.1 cm³/mol. The van der Waals surface area contributed by atoms with Crippen molar-refractivity contribution in [1.29, 1.82) is 0 Å². The van der Waals surface area contributed by atoms with Crippen LogP contribution in [0.25, 0.3) is 0 Å². The average Bonchev–Trinajstić information content (AvgIpc) is 3.04. The largest absolute Gasteiger partial charge is 0.352 e. The SMILES string of the molecule is CC1CC1C(=O)NCc1ccc(CCl)cc1. The van der Waals surface area contributed by atoms with Gasteiger partial charge in [0.2, 0.25) is 5.91 Å². The van der Waals surface area contributed by atoms with Gasteiger partial charge in [0.05, 0.1) is 0 Å². The second kappa shape index (κ2) is 4.88. The zero-order chi connectivity index (χ0) is 11.5. The van der Waals surface area contributed by atoms with Crippen LogP contribution in [0.2, 0.25) is 0 Å². The Bertz CT molecular complexity index is 374. The van der Waals surface area contributed by atoms with E-state index >= 15 is 0 Å². The highest BCUT2D eigenvalue weighted by atomic mass is 35.5. The van der Waals surface area contributed by atoms with Gasteiger partial charge in [-0.1, -0.05) is 31.2 Å². The normalized spacial score (nSPS) is 22.9. The van der Waals surface area contributed by atoms with Crippen LogP contribution in [-0.2, 0) is 17.2 Å². The maximum Gasteiger partial charge on any atom is 0.223 e. The first-order chi connectivity index (χ1) is 7.70. The first-order valence-corrected chi connectivity index (χ1v) is 6.15. The molecule has 1 saturated carbocycles. The van der Waals surface area contributed by atoms with Crippen LogP contribution >= 0.6 is 11.6 Å². The van der Waals surface area contributed by atoms with Gasteiger partial charge in [-0.2, -0.15) is 0 Å². The molecule has 2 rings (SSSR count). The Balaban J connectivity index is 1.82. The highest BCUT2D eigenvalue weighted by molar-refractivity contribution is 6.17. The number of rotatable bonds is 4. The van der Waals surface area contributed by atoms with E-state index in [2.05, 4.69) is 12.2 Å². The molecule has 0 aliphatic heterocycles. The van der Waals surface area contributed by atoms with Crippen molar-refractivity contribution in [2.24, 2.45) is 11.8 Å². The van der Waals surface area contributed by atoms with E-state index in [-0.39, 0.29) is 11.8 Å². The summed E-state index contributed by atoms with van der Waals surface area (Å²) >= 11 is 5.70. The molecular formula is C13H16ClNO. The van der Waals surface area contributed by atoms with Crippen molar-refractivity contribution in [2.75, 3.05) is 0 Å². The van der Waals surface area contributed by atoms with Gasteiger partial charge >= 0.3 is 0 Å². The van der Waals surface area contributed by atoms with Crippen molar-refractivity contribution in [3.63, 3.8) is 0 Å². The van der Waals surface area contributed by atoms with Crippen molar-refractivity contribution < 1.29 is 4.79 Å². The Kier molecular flexibility index (Phi) is 3.49. The molecule has 2 nitrogen and oxygen atoms in total. The molecule has 2 atom stereocenters. The smallest absolute Gasteiger partial charge is 0.223 e. The molecule has 1 aliphatic rings. The molecule has 86 valence electrons. The molecule has 0 bridgehead atoms. The molecule has 0 aromatic heterocycles. The lowest BCUT2D eigenvalue weighted by Crippen LogP contribution is -2.24. The Morgan fingerprint density at radius 3 is 2.44 bits per heavy atom. The van der Waals surface area contributed by atoms with Crippen LogP contribution in [0.3, 0.4) is 0 Å². The van der Waals surface area contributed by atoms with Gasteiger partial charge in [-0.15, -0.1) is 11.6 Å². The second-order valence-electron chi connectivity index (χ2n) is 4.49. The van der Waals surface area contributed by atoms with Crippen molar-refractivity contribution in [1.82, 2.24) is 5.32 Å². The van der Waals surface area contributed by atoms with E-state index in [0.717, 1.165) is 17.5 Å². The summed E-state index contributed by atoms with van der Waals surface area (Å²) < 4.78 is 0. The number of carbonyl (C=O) groups excluding carboxylic acids is 1. The number of nitrogens with one attached hydrogen (secondary N) is 1. The Labute approximate surface area is 101 Å². The van der Waals surface area contributed by atoms with Gasteiger partial charge in [-0.25, -0.2) is 0 Å². The molecule has 1 amide bonds. The molecule has 1 aliphatic carbocycles. The zero-order valence-corrected chi connectivity index (χ0v) is 10.1.